The highest BCUT2D eigenvalue weighted by molar-refractivity contribution is 7.92. The third-order valence-electron chi connectivity index (χ3n) is 4.47. The molecule has 1 unspecified atom stereocenters. The Bertz CT molecular complexity index is 1000. The predicted octanol–water partition coefficient (Wildman–Crippen LogP) is 3.32. The van der Waals surface area contributed by atoms with Crippen LogP contribution in [0, 0.1) is 6.92 Å². The van der Waals surface area contributed by atoms with Crippen LogP contribution in [0.2, 0.25) is 0 Å². The van der Waals surface area contributed by atoms with Gasteiger partial charge in [-0.2, -0.15) is 0 Å². The van der Waals surface area contributed by atoms with Crippen molar-refractivity contribution in [2.45, 2.75) is 46.2 Å². The molecule has 0 spiro atoms. The number of rotatable bonds is 8. The maximum Gasteiger partial charge on any atom is 0.253 e. The van der Waals surface area contributed by atoms with Crippen molar-refractivity contribution in [2.75, 3.05) is 15.9 Å². The maximum atomic E-state index is 13.1. The van der Waals surface area contributed by atoms with Crippen molar-refractivity contribution in [1.82, 2.24) is 5.32 Å². The number of aryl methyl sites for hydroxylation is 1. The molecule has 2 amide bonds. The van der Waals surface area contributed by atoms with Crippen LogP contribution in [0.3, 0.4) is 0 Å². The standard InChI is InChI=1S/C22H29N3O4S/c1-6-20(25(30(5,28)29)17-13-11-16(4)12-14-17)22(27)24-19-10-8-7-9-18(19)21(26)23-15(2)3/h7-15,20H,6H2,1-5H3,(H,23,26)(H,24,27). The minimum atomic E-state index is -3.73. The number of sulfonamides is 1. The number of hydrogen-bond donors (Lipinski definition) is 2. The quantitative estimate of drug-likeness (QED) is 0.670. The first kappa shape index (κ1) is 23.4. The fraction of sp³-hybridized carbons (Fsp3) is 0.364. The Morgan fingerprint density at radius 3 is 2.17 bits per heavy atom. The van der Waals surface area contributed by atoms with E-state index in [4.69, 9.17) is 0 Å². The molecule has 0 saturated heterocycles. The predicted molar refractivity (Wildman–Crippen MR) is 120 cm³/mol. The highest BCUT2D eigenvalue weighted by Gasteiger charge is 2.32. The summed E-state index contributed by atoms with van der Waals surface area (Å²) in [5.74, 6) is -0.819. The second kappa shape index (κ2) is 9.75. The second-order valence-corrected chi connectivity index (χ2v) is 9.34. The van der Waals surface area contributed by atoms with E-state index in [2.05, 4.69) is 10.6 Å². The first-order valence-electron chi connectivity index (χ1n) is 9.81. The molecule has 8 heteroatoms. The van der Waals surface area contributed by atoms with Crippen molar-refractivity contribution in [2.24, 2.45) is 0 Å². The lowest BCUT2D eigenvalue weighted by Gasteiger charge is -2.30. The van der Waals surface area contributed by atoms with Gasteiger partial charge in [0.2, 0.25) is 15.9 Å². The van der Waals surface area contributed by atoms with E-state index < -0.39 is 22.0 Å². The van der Waals surface area contributed by atoms with Crippen LogP contribution in [0.25, 0.3) is 0 Å². The molecule has 162 valence electrons. The SMILES string of the molecule is CCC(C(=O)Nc1ccccc1C(=O)NC(C)C)N(c1ccc(C)cc1)S(C)(=O)=O. The summed E-state index contributed by atoms with van der Waals surface area (Å²) < 4.78 is 26.2. The smallest absolute Gasteiger partial charge is 0.253 e. The second-order valence-electron chi connectivity index (χ2n) is 7.48. The zero-order valence-electron chi connectivity index (χ0n) is 18.0. The van der Waals surface area contributed by atoms with Gasteiger partial charge >= 0.3 is 0 Å². The van der Waals surface area contributed by atoms with Crippen molar-refractivity contribution < 1.29 is 18.0 Å². The van der Waals surface area contributed by atoms with E-state index in [1.165, 1.54) is 0 Å². The number of anilines is 2. The van der Waals surface area contributed by atoms with Gasteiger partial charge < -0.3 is 10.6 Å². The lowest BCUT2D eigenvalue weighted by atomic mass is 10.1. The van der Waals surface area contributed by atoms with Gasteiger partial charge in [-0.1, -0.05) is 36.8 Å². The number of nitrogens with one attached hydrogen (secondary N) is 2. The molecule has 0 aliphatic carbocycles. The van der Waals surface area contributed by atoms with Crippen LogP contribution in [0.1, 0.15) is 43.1 Å². The summed E-state index contributed by atoms with van der Waals surface area (Å²) in [6, 6.07) is 12.6. The Morgan fingerprint density at radius 2 is 1.63 bits per heavy atom. The molecule has 7 nitrogen and oxygen atoms in total. The lowest BCUT2D eigenvalue weighted by molar-refractivity contribution is -0.117. The van der Waals surface area contributed by atoms with Gasteiger partial charge in [-0.15, -0.1) is 0 Å². The summed E-state index contributed by atoms with van der Waals surface area (Å²) >= 11 is 0. The molecule has 2 aromatic rings. The molecular weight excluding hydrogens is 402 g/mol. The topological polar surface area (TPSA) is 95.6 Å². The summed E-state index contributed by atoms with van der Waals surface area (Å²) in [4.78, 5) is 25.6. The van der Waals surface area contributed by atoms with Crippen molar-refractivity contribution in [3.05, 3.63) is 59.7 Å². The Balaban J connectivity index is 2.38. The first-order chi connectivity index (χ1) is 14.0. The van der Waals surface area contributed by atoms with E-state index in [0.717, 1.165) is 16.1 Å². The molecule has 1 atom stereocenters. The van der Waals surface area contributed by atoms with Crippen molar-refractivity contribution in [1.29, 1.82) is 0 Å². The van der Waals surface area contributed by atoms with Gasteiger partial charge in [0.05, 0.1) is 23.2 Å². The van der Waals surface area contributed by atoms with E-state index in [1.807, 2.05) is 20.8 Å². The minimum Gasteiger partial charge on any atom is -0.350 e. The average molecular weight is 432 g/mol. The van der Waals surface area contributed by atoms with Crippen molar-refractivity contribution in [3.8, 4) is 0 Å². The third-order valence-corrected chi connectivity index (χ3v) is 5.65. The molecule has 0 heterocycles. The summed E-state index contributed by atoms with van der Waals surface area (Å²) in [6.07, 6.45) is 1.33. The van der Waals surface area contributed by atoms with Crippen LogP contribution in [0.15, 0.2) is 48.5 Å². The van der Waals surface area contributed by atoms with Gasteiger partial charge in [-0.3, -0.25) is 13.9 Å². The number of hydrogen-bond acceptors (Lipinski definition) is 4. The van der Waals surface area contributed by atoms with Crippen LogP contribution >= 0.6 is 0 Å². The fourth-order valence-corrected chi connectivity index (χ4v) is 4.31. The molecule has 2 rings (SSSR count). The van der Waals surface area contributed by atoms with Gasteiger partial charge in [0.15, 0.2) is 0 Å². The van der Waals surface area contributed by atoms with E-state index in [9.17, 15) is 18.0 Å². The molecule has 0 aliphatic heterocycles. The van der Waals surface area contributed by atoms with Gasteiger partial charge in [-0.25, -0.2) is 8.42 Å². The average Bonchev–Trinajstić information content (AvgIpc) is 2.65. The molecule has 2 N–H and O–H groups in total. The summed E-state index contributed by atoms with van der Waals surface area (Å²) in [5.41, 5.74) is 2.04. The Morgan fingerprint density at radius 1 is 1.03 bits per heavy atom. The molecule has 0 bridgehead atoms. The maximum absolute atomic E-state index is 13.1. The number of nitrogens with zero attached hydrogens (tertiary/aromatic N) is 1. The highest BCUT2D eigenvalue weighted by atomic mass is 32.2. The summed E-state index contributed by atoms with van der Waals surface area (Å²) in [7, 11) is -3.73. The molecule has 0 aliphatic rings. The summed E-state index contributed by atoms with van der Waals surface area (Å²) in [5, 5.41) is 5.54. The van der Waals surface area contributed by atoms with Gasteiger partial charge in [0.1, 0.15) is 6.04 Å². The van der Waals surface area contributed by atoms with E-state index in [0.29, 0.717) is 16.9 Å². The normalized spacial score (nSPS) is 12.3. The van der Waals surface area contributed by atoms with Gasteiger partial charge in [-0.05, 0) is 51.5 Å². The molecular formula is C22H29N3O4S. The Labute approximate surface area is 178 Å². The van der Waals surface area contributed by atoms with Gasteiger partial charge in [0, 0.05) is 6.04 Å². The Hall–Kier alpha value is -2.87. The lowest BCUT2D eigenvalue weighted by Crippen LogP contribution is -2.47. The van der Waals surface area contributed by atoms with Crippen molar-refractivity contribution in [3.63, 3.8) is 0 Å². The number of para-hydroxylation sites is 1. The van der Waals surface area contributed by atoms with Crippen molar-refractivity contribution >= 4 is 33.2 Å². The Kier molecular flexibility index (Phi) is 7.61. The van der Waals surface area contributed by atoms with E-state index >= 15 is 0 Å². The van der Waals surface area contributed by atoms with Crippen LogP contribution in [0.4, 0.5) is 11.4 Å². The van der Waals surface area contributed by atoms with Crippen LogP contribution in [-0.2, 0) is 14.8 Å². The molecule has 2 aromatic carbocycles. The molecule has 0 fully saturated rings. The number of carbonyl (C=O) groups is 2. The number of amides is 2. The molecule has 0 aromatic heterocycles. The molecule has 0 radical (unpaired) electrons. The molecule has 30 heavy (non-hydrogen) atoms. The highest BCUT2D eigenvalue weighted by Crippen LogP contribution is 2.24. The minimum absolute atomic E-state index is 0.0630. The summed E-state index contributed by atoms with van der Waals surface area (Å²) in [6.45, 7) is 7.33. The number of carbonyl (C=O) groups excluding carboxylic acids is 2. The largest absolute Gasteiger partial charge is 0.350 e. The van der Waals surface area contributed by atoms with Crippen LogP contribution in [-0.4, -0.2) is 38.6 Å². The molecule has 0 saturated carbocycles. The zero-order valence-corrected chi connectivity index (χ0v) is 18.8. The third kappa shape index (κ3) is 5.82. The van der Waals surface area contributed by atoms with E-state index in [1.54, 1.807) is 55.5 Å². The first-order valence-corrected chi connectivity index (χ1v) is 11.7. The van der Waals surface area contributed by atoms with Gasteiger partial charge in [0.25, 0.3) is 5.91 Å². The number of benzene rings is 2. The van der Waals surface area contributed by atoms with Crippen LogP contribution < -0.4 is 14.9 Å². The zero-order chi connectivity index (χ0) is 22.5. The van der Waals surface area contributed by atoms with Crippen LogP contribution in [0.5, 0.6) is 0 Å². The monoisotopic (exact) mass is 431 g/mol. The fourth-order valence-electron chi connectivity index (χ4n) is 3.10. The van der Waals surface area contributed by atoms with E-state index in [-0.39, 0.29) is 18.4 Å².